The van der Waals surface area contributed by atoms with Gasteiger partial charge in [-0.25, -0.2) is 9.37 Å². The number of aromatic hydroxyl groups is 1. The van der Waals surface area contributed by atoms with E-state index < -0.39 is 0 Å². The molecule has 1 aromatic carbocycles. The number of hydrogen-bond donors (Lipinski definition) is 2. The molecule has 0 spiro atoms. The SMILES string of the molecule is O=C(c1ccc(O)cn1)N1CCCC(Nc2cccc(F)c2)C1. The Morgan fingerprint density at radius 2 is 2.22 bits per heavy atom. The van der Waals surface area contributed by atoms with Crippen molar-refractivity contribution < 1.29 is 14.3 Å². The number of piperidine rings is 1. The molecular weight excluding hydrogens is 297 g/mol. The van der Waals surface area contributed by atoms with E-state index in [0.29, 0.717) is 24.5 Å². The first-order valence-electron chi connectivity index (χ1n) is 7.58. The summed E-state index contributed by atoms with van der Waals surface area (Å²) in [5, 5.41) is 12.5. The van der Waals surface area contributed by atoms with Gasteiger partial charge in [0.25, 0.3) is 5.91 Å². The van der Waals surface area contributed by atoms with Crippen LogP contribution in [-0.4, -0.2) is 40.0 Å². The van der Waals surface area contributed by atoms with Crippen LogP contribution in [0.15, 0.2) is 42.6 Å². The van der Waals surface area contributed by atoms with Gasteiger partial charge in [0.2, 0.25) is 0 Å². The molecule has 1 amide bonds. The number of amides is 1. The summed E-state index contributed by atoms with van der Waals surface area (Å²) in [6.45, 7) is 1.21. The van der Waals surface area contributed by atoms with Crippen LogP contribution in [0.2, 0.25) is 0 Å². The lowest BCUT2D eigenvalue weighted by molar-refractivity contribution is 0.0709. The Kier molecular flexibility index (Phi) is 4.41. The Bertz CT molecular complexity index is 690. The van der Waals surface area contributed by atoms with Crippen LogP contribution in [0.1, 0.15) is 23.3 Å². The summed E-state index contributed by atoms with van der Waals surface area (Å²) in [5.74, 6) is -0.409. The number of anilines is 1. The molecule has 2 heterocycles. The fraction of sp³-hybridized carbons (Fsp3) is 0.294. The monoisotopic (exact) mass is 315 g/mol. The third-order valence-corrected chi connectivity index (χ3v) is 3.87. The highest BCUT2D eigenvalue weighted by molar-refractivity contribution is 5.92. The van der Waals surface area contributed by atoms with E-state index in [4.69, 9.17) is 0 Å². The van der Waals surface area contributed by atoms with Crippen molar-refractivity contribution in [3.05, 3.63) is 54.1 Å². The topological polar surface area (TPSA) is 65.5 Å². The van der Waals surface area contributed by atoms with Crippen LogP contribution in [-0.2, 0) is 0 Å². The molecule has 0 bridgehead atoms. The normalized spacial score (nSPS) is 17.8. The van der Waals surface area contributed by atoms with E-state index in [0.717, 1.165) is 12.8 Å². The van der Waals surface area contributed by atoms with Crippen molar-refractivity contribution in [3.63, 3.8) is 0 Å². The largest absolute Gasteiger partial charge is 0.506 e. The molecule has 120 valence electrons. The molecule has 5 nitrogen and oxygen atoms in total. The zero-order valence-electron chi connectivity index (χ0n) is 12.6. The molecule has 1 fully saturated rings. The van der Waals surface area contributed by atoms with Crippen LogP contribution in [0.4, 0.5) is 10.1 Å². The third-order valence-electron chi connectivity index (χ3n) is 3.87. The van der Waals surface area contributed by atoms with Gasteiger partial charge in [-0.3, -0.25) is 4.79 Å². The summed E-state index contributed by atoms with van der Waals surface area (Å²) in [5.41, 5.74) is 1.03. The van der Waals surface area contributed by atoms with Gasteiger partial charge in [0.1, 0.15) is 17.3 Å². The molecule has 6 heteroatoms. The molecule has 1 aromatic heterocycles. The summed E-state index contributed by atoms with van der Waals surface area (Å²) in [6, 6.07) is 9.36. The van der Waals surface area contributed by atoms with E-state index >= 15 is 0 Å². The summed E-state index contributed by atoms with van der Waals surface area (Å²) in [6.07, 6.45) is 3.06. The van der Waals surface area contributed by atoms with Crippen molar-refractivity contribution in [2.24, 2.45) is 0 Å². The maximum absolute atomic E-state index is 13.2. The Morgan fingerprint density at radius 3 is 2.96 bits per heavy atom. The molecule has 0 radical (unpaired) electrons. The second-order valence-electron chi connectivity index (χ2n) is 5.65. The van der Waals surface area contributed by atoms with Crippen LogP contribution >= 0.6 is 0 Å². The van der Waals surface area contributed by atoms with Crippen molar-refractivity contribution in [1.29, 1.82) is 0 Å². The minimum atomic E-state index is -0.285. The zero-order valence-corrected chi connectivity index (χ0v) is 12.6. The maximum Gasteiger partial charge on any atom is 0.272 e. The number of halogens is 1. The van der Waals surface area contributed by atoms with Gasteiger partial charge < -0.3 is 15.3 Å². The molecule has 0 saturated carbocycles. The molecule has 1 unspecified atom stereocenters. The third kappa shape index (κ3) is 3.77. The summed E-state index contributed by atoms with van der Waals surface area (Å²) in [4.78, 5) is 18.2. The molecular formula is C17H18FN3O2. The average Bonchev–Trinajstić information content (AvgIpc) is 2.55. The van der Waals surface area contributed by atoms with Gasteiger partial charge in [0.15, 0.2) is 0 Å². The number of likely N-dealkylation sites (tertiary alicyclic amines) is 1. The maximum atomic E-state index is 13.2. The zero-order chi connectivity index (χ0) is 16.2. The van der Waals surface area contributed by atoms with Gasteiger partial charge in [-0.05, 0) is 43.2 Å². The lowest BCUT2D eigenvalue weighted by Crippen LogP contribution is -2.45. The fourth-order valence-electron chi connectivity index (χ4n) is 2.77. The highest BCUT2D eigenvalue weighted by Gasteiger charge is 2.25. The Hall–Kier alpha value is -2.63. The van der Waals surface area contributed by atoms with Gasteiger partial charge in [-0.2, -0.15) is 0 Å². The Balaban J connectivity index is 1.66. The van der Waals surface area contributed by atoms with Crippen molar-refractivity contribution in [2.75, 3.05) is 18.4 Å². The molecule has 2 aromatic rings. The second kappa shape index (κ2) is 6.64. The fourth-order valence-corrected chi connectivity index (χ4v) is 2.77. The highest BCUT2D eigenvalue weighted by atomic mass is 19.1. The number of aromatic nitrogens is 1. The average molecular weight is 315 g/mol. The number of benzene rings is 1. The van der Waals surface area contributed by atoms with E-state index in [1.807, 2.05) is 6.07 Å². The van der Waals surface area contributed by atoms with E-state index in [-0.39, 0.29) is 23.5 Å². The molecule has 1 atom stereocenters. The molecule has 1 aliphatic rings. The number of pyridine rings is 1. The highest BCUT2D eigenvalue weighted by Crippen LogP contribution is 2.18. The van der Waals surface area contributed by atoms with Crippen molar-refractivity contribution >= 4 is 11.6 Å². The number of nitrogens with one attached hydrogen (secondary N) is 1. The van der Waals surface area contributed by atoms with Gasteiger partial charge in [0.05, 0.1) is 6.20 Å². The number of carbonyl (C=O) groups is 1. The van der Waals surface area contributed by atoms with Crippen molar-refractivity contribution in [1.82, 2.24) is 9.88 Å². The Morgan fingerprint density at radius 1 is 1.35 bits per heavy atom. The van der Waals surface area contributed by atoms with Crippen molar-refractivity contribution in [3.8, 4) is 5.75 Å². The van der Waals surface area contributed by atoms with Crippen LogP contribution < -0.4 is 5.32 Å². The minimum Gasteiger partial charge on any atom is -0.506 e. The quantitative estimate of drug-likeness (QED) is 0.914. The van der Waals surface area contributed by atoms with Gasteiger partial charge >= 0.3 is 0 Å². The number of rotatable bonds is 3. The smallest absolute Gasteiger partial charge is 0.272 e. The van der Waals surface area contributed by atoms with Crippen LogP contribution in [0.25, 0.3) is 0 Å². The van der Waals surface area contributed by atoms with E-state index in [9.17, 15) is 14.3 Å². The Labute approximate surface area is 133 Å². The molecule has 2 N–H and O–H groups in total. The lowest BCUT2D eigenvalue weighted by Gasteiger charge is -2.33. The predicted octanol–water partition coefficient (Wildman–Crippen LogP) is 2.64. The van der Waals surface area contributed by atoms with Gasteiger partial charge in [-0.15, -0.1) is 0 Å². The number of nitrogens with zero attached hydrogens (tertiary/aromatic N) is 2. The number of hydrogen-bond acceptors (Lipinski definition) is 4. The molecule has 1 saturated heterocycles. The van der Waals surface area contributed by atoms with E-state index in [1.165, 1.54) is 30.5 Å². The molecule has 3 rings (SSSR count). The number of carbonyl (C=O) groups excluding carboxylic acids is 1. The van der Waals surface area contributed by atoms with E-state index in [2.05, 4.69) is 10.3 Å². The first-order valence-corrected chi connectivity index (χ1v) is 7.58. The molecule has 23 heavy (non-hydrogen) atoms. The van der Waals surface area contributed by atoms with Crippen LogP contribution in [0.3, 0.4) is 0 Å². The van der Waals surface area contributed by atoms with Gasteiger partial charge in [0, 0.05) is 24.8 Å². The first kappa shape index (κ1) is 15.3. The van der Waals surface area contributed by atoms with Gasteiger partial charge in [-0.1, -0.05) is 6.07 Å². The summed E-state index contributed by atoms with van der Waals surface area (Å²) < 4.78 is 13.2. The van der Waals surface area contributed by atoms with Crippen LogP contribution in [0.5, 0.6) is 5.75 Å². The molecule has 0 aliphatic carbocycles. The van der Waals surface area contributed by atoms with E-state index in [1.54, 1.807) is 11.0 Å². The first-order chi connectivity index (χ1) is 11.1. The van der Waals surface area contributed by atoms with Crippen molar-refractivity contribution in [2.45, 2.75) is 18.9 Å². The van der Waals surface area contributed by atoms with Crippen LogP contribution in [0, 0.1) is 5.82 Å². The standard InChI is InChI=1S/C17H18FN3O2/c18-12-3-1-4-13(9-12)20-14-5-2-8-21(11-14)17(23)16-7-6-15(22)10-19-16/h1,3-4,6-7,9-10,14,20,22H,2,5,8,11H2. The summed E-state index contributed by atoms with van der Waals surface area (Å²) >= 11 is 0. The molecule has 1 aliphatic heterocycles. The lowest BCUT2D eigenvalue weighted by atomic mass is 10.0. The second-order valence-corrected chi connectivity index (χ2v) is 5.65. The minimum absolute atomic E-state index is 0.0332. The summed E-state index contributed by atoms with van der Waals surface area (Å²) in [7, 11) is 0. The predicted molar refractivity (Wildman–Crippen MR) is 84.9 cm³/mol.